The Bertz CT molecular complexity index is 615. The summed E-state index contributed by atoms with van der Waals surface area (Å²) in [6, 6.07) is 12.2. The van der Waals surface area contributed by atoms with E-state index in [1.807, 2.05) is 6.07 Å². The summed E-state index contributed by atoms with van der Waals surface area (Å²) in [6.45, 7) is 3.66. The van der Waals surface area contributed by atoms with Crippen LogP contribution >= 0.6 is 11.6 Å². The average molecular weight is 304 g/mol. The molecule has 0 saturated carbocycles. The van der Waals surface area contributed by atoms with E-state index in [1.54, 1.807) is 42.6 Å². The van der Waals surface area contributed by atoms with Crippen LogP contribution in [0.4, 0.5) is 0 Å². The van der Waals surface area contributed by atoms with E-state index in [0.29, 0.717) is 22.2 Å². The molecule has 0 aliphatic heterocycles. The molecule has 0 atom stereocenters. The molecule has 1 heterocycles. The number of hydrazine groups is 1. The van der Waals surface area contributed by atoms with Crippen LogP contribution in [0.25, 0.3) is 5.70 Å². The Morgan fingerprint density at radius 2 is 1.95 bits per heavy atom. The van der Waals surface area contributed by atoms with Crippen LogP contribution in [-0.4, -0.2) is 17.5 Å². The monoisotopic (exact) mass is 303 g/mol. The number of amides is 1. The minimum Gasteiger partial charge on any atom is -0.484 e. The Hall–Kier alpha value is -2.53. The Kier molecular flexibility index (Phi) is 5.17. The van der Waals surface area contributed by atoms with Gasteiger partial charge in [0, 0.05) is 11.2 Å². The highest BCUT2D eigenvalue weighted by atomic mass is 35.5. The number of carbonyl (C=O) groups excluding carboxylic acids is 1. The number of aromatic nitrogens is 1. The van der Waals surface area contributed by atoms with Gasteiger partial charge in [-0.25, -0.2) is 0 Å². The molecule has 0 fully saturated rings. The van der Waals surface area contributed by atoms with Crippen LogP contribution < -0.4 is 15.6 Å². The summed E-state index contributed by atoms with van der Waals surface area (Å²) in [5.41, 5.74) is 6.31. The van der Waals surface area contributed by atoms with Crippen molar-refractivity contribution in [2.24, 2.45) is 0 Å². The molecule has 21 heavy (non-hydrogen) atoms. The largest absolute Gasteiger partial charge is 0.484 e. The summed E-state index contributed by atoms with van der Waals surface area (Å²) < 4.78 is 5.30. The van der Waals surface area contributed by atoms with E-state index in [0.717, 1.165) is 0 Å². The maximum absolute atomic E-state index is 11.6. The topological polar surface area (TPSA) is 63.2 Å². The van der Waals surface area contributed by atoms with E-state index < -0.39 is 0 Å². The van der Waals surface area contributed by atoms with E-state index in [2.05, 4.69) is 22.4 Å². The van der Waals surface area contributed by atoms with Gasteiger partial charge in [-0.3, -0.25) is 20.6 Å². The lowest BCUT2D eigenvalue weighted by molar-refractivity contribution is -0.123. The lowest BCUT2D eigenvalue weighted by atomic mass is 10.3. The van der Waals surface area contributed by atoms with Crippen LogP contribution in [0.2, 0.25) is 5.02 Å². The fourth-order valence-corrected chi connectivity index (χ4v) is 1.59. The van der Waals surface area contributed by atoms with Gasteiger partial charge in [-0.1, -0.05) is 24.2 Å². The molecule has 0 unspecified atom stereocenters. The van der Waals surface area contributed by atoms with Crippen molar-refractivity contribution in [1.82, 2.24) is 15.8 Å². The number of rotatable bonds is 6. The number of hydrogen-bond acceptors (Lipinski definition) is 4. The van der Waals surface area contributed by atoms with Crippen LogP contribution in [0, 0.1) is 0 Å². The van der Waals surface area contributed by atoms with Crippen LogP contribution in [0.5, 0.6) is 5.75 Å². The maximum atomic E-state index is 11.6. The molecular weight excluding hydrogens is 290 g/mol. The third kappa shape index (κ3) is 4.81. The molecule has 5 nitrogen and oxygen atoms in total. The van der Waals surface area contributed by atoms with E-state index in [-0.39, 0.29) is 12.5 Å². The average Bonchev–Trinajstić information content (AvgIpc) is 2.53. The number of benzene rings is 1. The molecule has 1 aromatic carbocycles. The molecule has 2 N–H and O–H groups in total. The van der Waals surface area contributed by atoms with Crippen molar-refractivity contribution in [1.29, 1.82) is 0 Å². The highest BCUT2D eigenvalue weighted by Gasteiger charge is 2.04. The first-order valence-corrected chi connectivity index (χ1v) is 6.56. The van der Waals surface area contributed by atoms with Crippen molar-refractivity contribution in [3.63, 3.8) is 0 Å². The second-order valence-electron chi connectivity index (χ2n) is 4.11. The highest BCUT2D eigenvalue weighted by Crippen LogP contribution is 2.15. The highest BCUT2D eigenvalue weighted by molar-refractivity contribution is 6.30. The van der Waals surface area contributed by atoms with Gasteiger partial charge in [0.25, 0.3) is 5.91 Å². The standard InChI is InChI=1S/C15H14ClN3O2/c1-11(14-4-2-3-9-17-14)18-19-15(20)10-21-13-7-5-12(16)6-8-13/h2-9,18H,1,10H2,(H,19,20). The molecule has 0 saturated heterocycles. The van der Waals surface area contributed by atoms with Crippen LogP contribution in [-0.2, 0) is 4.79 Å². The molecule has 0 aliphatic carbocycles. The van der Waals surface area contributed by atoms with Crippen molar-refractivity contribution in [3.8, 4) is 5.75 Å². The van der Waals surface area contributed by atoms with Crippen molar-refractivity contribution < 1.29 is 9.53 Å². The summed E-state index contributed by atoms with van der Waals surface area (Å²) in [5.74, 6) is 0.236. The number of ether oxygens (including phenoxy) is 1. The van der Waals surface area contributed by atoms with Gasteiger partial charge in [0.1, 0.15) is 5.75 Å². The van der Waals surface area contributed by atoms with Crippen LogP contribution in [0.1, 0.15) is 5.69 Å². The van der Waals surface area contributed by atoms with Gasteiger partial charge >= 0.3 is 0 Å². The summed E-state index contributed by atoms with van der Waals surface area (Å²) in [7, 11) is 0. The summed E-state index contributed by atoms with van der Waals surface area (Å²) >= 11 is 5.76. The number of halogens is 1. The fraction of sp³-hybridized carbons (Fsp3) is 0.0667. The zero-order valence-corrected chi connectivity index (χ0v) is 11.9. The predicted molar refractivity (Wildman–Crippen MR) is 81.5 cm³/mol. The zero-order chi connectivity index (χ0) is 15.1. The van der Waals surface area contributed by atoms with Crippen molar-refractivity contribution >= 4 is 23.2 Å². The molecule has 6 heteroatoms. The van der Waals surface area contributed by atoms with Crippen LogP contribution in [0.3, 0.4) is 0 Å². The van der Waals surface area contributed by atoms with E-state index >= 15 is 0 Å². The van der Waals surface area contributed by atoms with Gasteiger partial charge in [0.2, 0.25) is 0 Å². The normalized spacial score (nSPS) is 9.76. The zero-order valence-electron chi connectivity index (χ0n) is 11.2. The van der Waals surface area contributed by atoms with Crippen LogP contribution in [0.15, 0.2) is 55.2 Å². The van der Waals surface area contributed by atoms with Crippen molar-refractivity contribution in [2.75, 3.05) is 6.61 Å². The molecule has 1 aromatic heterocycles. The van der Waals surface area contributed by atoms with Gasteiger partial charge in [-0.05, 0) is 36.4 Å². The first-order chi connectivity index (χ1) is 10.1. The van der Waals surface area contributed by atoms with Gasteiger partial charge in [-0.15, -0.1) is 0 Å². The predicted octanol–water partition coefficient (Wildman–Crippen LogP) is 2.41. The molecule has 0 aliphatic rings. The Morgan fingerprint density at radius 3 is 2.62 bits per heavy atom. The third-order valence-corrected chi connectivity index (χ3v) is 2.76. The molecular formula is C15H14ClN3O2. The van der Waals surface area contributed by atoms with Gasteiger partial charge < -0.3 is 4.74 Å². The molecule has 2 rings (SSSR count). The Morgan fingerprint density at radius 1 is 1.19 bits per heavy atom. The third-order valence-electron chi connectivity index (χ3n) is 2.51. The molecule has 0 radical (unpaired) electrons. The smallest absolute Gasteiger partial charge is 0.276 e. The number of carbonyl (C=O) groups is 1. The summed E-state index contributed by atoms with van der Waals surface area (Å²) in [4.78, 5) is 15.7. The van der Waals surface area contributed by atoms with E-state index in [9.17, 15) is 4.79 Å². The minimum absolute atomic E-state index is 0.121. The van der Waals surface area contributed by atoms with E-state index in [4.69, 9.17) is 16.3 Å². The second kappa shape index (κ2) is 7.31. The molecule has 0 bridgehead atoms. The molecule has 1 amide bonds. The first-order valence-electron chi connectivity index (χ1n) is 6.18. The van der Waals surface area contributed by atoms with Crippen molar-refractivity contribution in [2.45, 2.75) is 0 Å². The first kappa shape index (κ1) is 14.9. The van der Waals surface area contributed by atoms with Gasteiger partial charge in [-0.2, -0.15) is 0 Å². The molecule has 108 valence electrons. The minimum atomic E-state index is -0.331. The lowest BCUT2D eigenvalue weighted by Crippen LogP contribution is -2.39. The maximum Gasteiger partial charge on any atom is 0.276 e. The quantitative estimate of drug-likeness (QED) is 0.804. The number of hydrogen-bond donors (Lipinski definition) is 2. The summed E-state index contributed by atoms with van der Waals surface area (Å²) in [5, 5.41) is 0.611. The van der Waals surface area contributed by atoms with Gasteiger partial charge in [0.15, 0.2) is 6.61 Å². The Balaban J connectivity index is 1.75. The molecule has 2 aromatic rings. The number of nitrogens with one attached hydrogen (secondary N) is 2. The van der Waals surface area contributed by atoms with Gasteiger partial charge in [0.05, 0.1) is 11.4 Å². The molecule has 0 spiro atoms. The fourth-order valence-electron chi connectivity index (χ4n) is 1.47. The SMILES string of the molecule is C=C(NNC(=O)COc1ccc(Cl)cc1)c1ccccn1. The van der Waals surface area contributed by atoms with E-state index in [1.165, 1.54) is 0 Å². The summed E-state index contributed by atoms with van der Waals surface area (Å²) in [6.07, 6.45) is 1.65. The van der Waals surface area contributed by atoms with Crippen molar-refractivity contribution in [3.05, 3.63) is 66.0 Å². The Labute approximate surface area is 127 Å². The number of pyridine rings is 1. The second-order valence-corrected chi connectivity index (χ2v) is 4.55. The number of nitrogens with zero attached hydrogens (tertiary/aromatic N) is 1. The lowest BCUT2D eigenvalue weighted by Gasteiger charge is -2.11.